The summed E-state index contributed by atoms with van der Waals surface area (Å²) in [6.07, 6.45) is 0.850. The van der Waals surface area contributed by atoms with Crippen molar-refractivity contribution in [2.45, 2.75) is 27.2 Å². The van der Waals surface area contributed by atoms with Crippen molar-refractivity contribution in [2.24, 2.45) is 5.92 Å². The average molecular weight is 221 g/mol. The largest absolute Gasteiger partial charge is 0.494 e. The summed E-state index contributed by atoms with van der Waals surface area (Å²) in [7, 11) is 0. The van der Waals surface area contributed by atoms with Crippen LogP contribution in [0.25, 0.3) is 0 Å². The number of benzene rings is 1. The molecule has 0 aromatic heterocycles. The molecule has 0 saturated carbocycles. The predicted molar refractivity (Wildman–Crippen MR) is 65.7 cm³/mol. The van der Waals surface area contributed by atoms with Gasteiger partial charge in [-0.25, -0.2) is 0 Å². The highest BCUT2D eigenvalue weighted by Crippen LogP contribution is 2.16. The van der Waals surface area contributed by atoms with Crippen molar-refractivity contribution >= 4 is 11.6 Å². The first-order valence-electron chi connectivity index (χ1n) is 5.71. The Balaban J connectivity index is 2.58. The lowest BCUT2D eigenvalue weighted by Crippen LogP contribution is -2.19. The Kier molecular flexibility index (Phi) is 4.83. The van der Waals surface area contributed by atoms with E-state index in [1.54, 1.807) is 0 Å². The number of rotatable bonds is 5. The Morgan fingerprint density at radius 3 is 2.44 bits per heavy atom. The number of hydrogen-bond donors (Lipinski definition) is 1. The van der Waals surface area contributed by atoms with Gasteiger partial charge < -0.3 is 10.1 Å². The van der Waals surface area contributed by atoms with Crippen molar-refractivity contribution in [1.29, 1.82) is 0 Å². The van der Waals surface area contributed by atoms with E-state index in [4.69, 9.17) is 4.74 Å². The van der Waals surface area contributed by atoms with Crippen molar-refractivity contribution in [3.63, 3.8) is 0 Å². The maximum atomic E-state index is 11.6. The molecular weight excluding hydrogens is 202 g/mol. The molecule has 0 heterocycles. The Bertz CT molecular complexity index is 332. The summed E-state index contributed by atoms with van der Waals surface area (Å²) in [6, 6.07) is 7.42. The third-order valence-corrected chi connectivity index (χ3v) is 2.49. The molecule has 1 N–H and O–H groups in total. The fourth-order valence-electron chi connectivity index (χ4n) is 1.25. The average Bonchev–Trinajstić information content (AvgIpc) is 2.31. The van der Waals surface area contributed by atoms with Crippen LogP contribution in [0.2, 0.25) is 0 Å². The van der Waals surface area contributed by atoms with Crippen LogP contribution in [-0.4, -0.2) is 12.5 Å². The van der Waals surface area contributed by atoms with Crippen molar-refractivity contribution in [3.8, 4) is 5.75 Å². The molecule has 0 aliphatic rings. The van der Waals surface area contributed by atoms with Crippen LogP contribution in [0.1, 0.15) is 27.2 Å². The van der Waals surface area contributed by atoms with E-state index in [1.807, 2.05) is 45.0 Å². The quantitative estimate of drug-likeness (QED) is 0.829. The number of carbonyl (C=O) groups excluding carboxylic acids is 1. The van der Waals surface area contributed by atoms with Crippen LogP contribution in [0, 0.1) is 5.92 Å². The summed E-state index contributed by atoms with van der Waals surface area (Å²) in [4.78, 5) is 11.6. The molecule has 88 valence electrons. The zero-order valence-electron chi connectivity index (χ0n) is 10.1. The summed E-state index contributed by atoms with van der Waals surface area (Å²) in [5, 5.41) is 2.87. The Morgan fingerprint density at radius 2 is 1.94 bits per heavy atom. The highest BCUT2D eigenvalue weighted by molar-refractivity contribution is 5.92. The summed E-state index contributed by atoms with van der Waals surface area (Å²) < 4.78 is 5.32. The molecule has 0 spiro atoms. The molecule has 0 fully saturated rings. The van der Waals surface area contributed by atoms with Crippen LogP contribution in [0.5, 0.6) is 5.75 Å². The minimum absolute atomic E-state index is 0.0477. The molecule has 0 aliphatic heterocycles. The number of anilines is 1. The second-order valence-electron chi connectivity index (χ2n) is 3.76. The van der Waals surface area contributed by atoms with Crippen molar-refractivity contribution in [2.75, 3.05) is 11.9 Å². The van der Waals surface area contributed by atoms with Crippen LogP contribution in [-0.2, 0) is 4.79 Å². The lowest BCUT2D eigenvalue weighted by molar-refractivity contribution is -0.119. The molecule has 3 nitrogen and oxygen atoms in total. The van der Waals surface area contributed by atoms with Gasteiger partial charge in [0.15, 0.2) is 0 Å². The topological polar surface area (TPSA) is 38.3 Å². The van der Waals surface area contributed by atoms with Gasteiger partial charge in [0.25, 0.3) is 0 Å². The van der Waals surface area contributed by atoms with E-state index >= 15 is 0 Å². The monoisotopic (exact) mass is 221 g/mol. The maximum absolute atomic E-state index is 11.6. The first-order chi connectivity index (χ1) is 7.67. The van der Waals surface area contributed by atoms with Gasteiger partial charge in [0.05, 0.1) is 6.61 Å². The van der Waals surface area contributed by atoms with Gasteiger partial charge in [-0.3, -0.25) is 4.79 Å². The van der Waals surface area contributed by atoms with Crippen molar-refractivity contribution in [1.82, 2.24) is 0 Å². The Morgan fingerprint density at radius 1 is 1.31 bits per heavy atom. The van der Waals surface area contributed by atoms with Crippen LogP contribution in [0.3, 0.4) is 0 Å². The molecule has 3 heteroatoms. The molecule has 1 aromatic rings. The molecule has 16 heavy (non-hydrogen) atoms. The minimum atomic E-state index is 0.0477. The van der Waals surface area contributed by atoms with Gasteiger partial charge in [-0.05, 0) is 37.6 Å². The second kappa shape index (κ2) is 6.16. The summed E-state index contributed by atoms with van der Waals surface area (Å²) in [5.41, 5.74) is 0.814. The smallest absolute Gasteiger partial charge is 0.227 e. The van der Waals surface area contributed by atoms with Gasteiger partial charge in [-0.1, -0.05) is 13.8 Å². The summed E-state index contributed by atoms with van der Waals surface area (Å²) in [5.74, 6) is 0.933. The fraction of sp³-hybridized carbons (Fsp3) is 0.462. The van der Waals surface area contributed by atoms with Gasteiger partial charge in [0.2, 0.25) is 5.91 Å². The van der Waals surface area contributed by atoms with Crippen molar-refractivity contribution in [3.05, 3.63) is 24.3 Å². The fourth-order valence-corrected chi connectivity index (χ4v) is 1.25. The maximum Gasteiger partial charge on any atom is 0.227 e. The standard InChI is InChI=1S/C13H19NO2/c1-4-10(3)13(15)14-11-6-8-12(9-7-11)16-5-2/h6-10H,4-5H2,1-3H3,(H,14,15). The molecule has 0 radical (unpaired) electrons. The summed E-state index contributed by atoms with van der Waals surface area (Å²) in [6.45, 7) is 6.52. The van der Waals surface area contributed by atoms with Crippen LogP contribution in [0.15, 0.2) is 24.3 Å². The molecule has 1 unspecified atom stereocenters. The van der Waals surface area contributed by atoms with Gasteiger partial charge in [0.1, 0.15) is 5.75 Å². The van der Waals surface area contributed by atoms with E-state index in [0.29, 0.717) is 6.61 Å². The number of ether oxygens (including phenoxy) is 1. The first kappa shape index (κ1) is 12.6. The number of amides is 1. The molecular formula is C13H19NO2. The molecule has 1 aromatic carbocycles. The third kappa shape index (κ3) is 3.57. The SMILES string of the molecule is CCOc1ccc(NC(=O)C(C)CC)cc1. The lowest BCUT2D eigenvalue weighted by atomic mass is 10.1. The summed E-state index contributed by atoms with van der Waals surface area (Å²) >= 11 is 0. The van der Waals surface area contributed by atoms with Gasteiger partial charge in [-0.2, -0.15) is 0 Å². The molecule has 1 rings (SSSR count). The molecule has 0 bridgehead atoms. The van der Waals surface area contributed by atoms with E-state index in [0.717, 1.165) is 17.9 Å². The molecule has 0 saturated heterocycles. The molecule has 1 amide bonds. The predicted octanol–water partition coefficient (Wildman–Crippen LogP) is 3.07. The second-order valence-corrected chi connectivity index (χ2v) is 3.76. The van der Waals surface area contributed by atoms with Crippen molar-refractivity contribution < 1.29 is 9.53 Å². The van der Waals surface area contributed by atoms with Gasteiger partial charge in [0, 0.05) is 11.6 Å². The van der Waals surface area contributed by atoms with E-state index in [-0.39, 0.29) is 11.8 Å². The Labute approximate surface area is 96.8 Å². The van der Waals surface area contributed by atoms with E-state index in [2.05, 4.69) is 5.32 Å². The van der Waals surface area contributed by atoms with Crippen LogP contribution < -0.4 is 10.1 Å². The highest BCUT2D eigenvalue weighted by atomic mass is 16.5. The minimum Gasteiger partial charge on any atom is -0.494 e. The molecule has 1 atom stereocenters. The van der Waals surface area contributed by atoms with E-state index < -0.39 is 0 Å². The van der Waals surface area contributed by atoms with Gasteiger partial charge >= 0.3 is 0 Å². The van der Waals surface area contributed by atoms with Crippen LogP contribution in [0.4, 0.5) is 5.69 Å². The van der Waals surface area contributed by atoms with Gasteiger partial charge in [-0.15, -0.1) is 0 Å². The van der Waals surface area contributed by atoms with E-state index in [1.165, 1.54) is 0 Å². The lowest BCUT2D eigenvalue weighted by Gasteiger charge is -2.10. The molecule has 0 aliphatic carbocycles. The normalized spacial score (nSPS) is 11.9. The zero-order valence-corrected chi connectivity index (χ0v) is 10.1. The number of carbonyl (C=O) groups is 1. The number of hydrogen-bond acceptors (Lipinski definition) is 2. The van der Waals surface area contributed by atoms with Crippen LogP contribution >= 0.6 is 0 Å². The Hall–Kier alpha value is -1.51. The first-order valence-corrected chi connectivity index (χ1v) is 5.71. The highest BCUT2D eigenvalue weighted by Gasteiger charge is 2.09. The third-order valence-electron chi connectivity index (χ3n) is 2.49. The zero-order chi connectivity index (χ0) is 12.0. The van der Waals surface area contributed by atoms with E-state index in [9.17, 15) is 4.79 Å². The number of nitrogens with one attached hydrogen (secondary N) is 1.